The van der Waals surface area contributed by atoms with E-state index in [1.165, 1.54) is 0 Å². The van der Waals surface area contributed by atoms with Crippen molar-refractivity contribution in [3.8, 4) is 11.1 Å². The second-order valence-corrected chi connectivity index (χ2v) is 7.07. The molecule has 1 aliphatic rings. The molecule has 0 atom stereocenters. The molecule has 5 rings (SSSR count). The topological polar surface area (TPSA) is 105 Å². The molecule has 29 heavy (non-hydrogen) atoms. The second kappa shape index (κ2) is 6.56. The molecule has 1 fully saturated rings. The highest BCUT2D eigenvalue weighted by Gasteiger charge is 2.22. The van der Waals surface area contributed by atoms with Gasteiger partial charge in [-0.05, 0) is 30.2 Å². The Morgan fingerprint density at radius 3 is 2.79 bits per heavy atom. The van der Waals surface area contributed by atoms with Crippen molar-refractivity contribution in [3.63, 3.8) is 0 Å². The number of carbonyl (C=O) groups is 1. The lowest BCUT2D eigenvalue weighted by Gasteiger charge is -2.12. The van der Waals surface area contributed by atoms with Gasteiger partial charge in [-0.3, -0.25) is 4.79 Å². The summed E-state index contributed by atoms with van der Waals surface area (Å²) in [6.07, 6.45) is 3.16. The number of nitrogen functional groups attached to an aromatic ring is 1. The molecule has 1 amide bonds. The lowest BCUT2D eigenvalue weighted by molar-refractivity contribution is -0.128. The van der Waals surface area contributed by atoms with Crippen molar-refractivity contribution >= 4 is 39.5 Å². The molecule has 3 N–H and O–H groups in total. The number of aromatic amines is 1. The molecule has 0 aliphatic carbocycles. The van der Waals surface area contributed by atoms with Crippen LogP contribution in [0.25, 0.3) is 37.9 Å². The molecular formula is C21H17N7O. The molecule has 0 unspecified atom stereocenters. The Morgan fingerprint density at radius 1 is 1.21 bits per heavy atom. The van der Waals surface area contributed by atoms with E-state index in [9.17, 15) is 4.79 Å². The number of pyridine rings is 2. The van der Waals surface area contributed by atoms with Crippen molar-refractivity contribution < 1.29 is 4.79 Å². The number of carbonyl (C=O) groups excluding carboxylic acids is 1. The summed E-state index contributed by atoms with van der Waals surface area (Å²) in [6, 6.07) is 9.44. The van der Waals surface area contributed by atoms with Gasteiger partial charge in [0.1, 0.15) is 28.9 Å². The van der Waals surface area contributed by atoms with Crippen LogP contribution in [0.15, 0.2) is 36.5 Å². The van der Waals surface area contributed by atoms with Crippen LogP contribution >= 0.6 is 0 Å². The first-order valence-electron chi connectivity index (χ1n) is 9.32. The highest BCUT2D eigenvalue weighted by atomic mass is 16.2. The predicted molar refractivity (Wildman–Crippen MR) is 110 cm³/mol. The number of fused-ring (bicyclic) bond motifs is 3. The van der Waals surface area contributed by atoms with Crippen LogP contribution < -0.4 is 5.73 Å². The molecule has 1 aliphatic heterocycles. The molecule has 0 bridgehead atoms. The van der Waals surface area contributed by atoms with Crippen molar-refractivity contribution in [1.82, 2.24) is 24.8 Å². The van der Waals surface area contributed by atoms with Gasteiger partial charge in [0.25, 0.3) is 5.82 Å². The summed E-state index contributed by atoms with van der Waals surface area (Å²) in [5.41, 5.74) is 10.2. The van der Waals surface area contributed by atoms with Crippen LogP contribution in [0.5, 0.6) is 0 Å². The van der Waals surface area contributed by atoms with Gasteiger partial charge in [0.15, 0.2) is 0 Å². The largest absolute Gasteiger partial charge is 0.382 e. The van der Waals surface area contributed by atoms with Crippen molar-refractivity contribution in [1.29, 1.82) is 0 Å². The minimum absolute atomic E-state index is 0.156. The number of hydrogen-bond acceptors (Lipinski definition) is 5. The Hall–Kier alpha value is -3.99. The smallest absolute Gasteiger partial charge is 0.269 e. The van der Waals surface area contributed by atoms with Crippen molar-refractivity contribution in [2.24, 2.45) is 0 Å². The van der Waals surface area contributed by atoms with Gasteiger partial charge >= 0.3 is 0 Å². The number of nitrogens with two attached hydrogens (primary N) is 1. The van der Waals surface area contributed by atoms with Gasteiger partial charge < -0.3 is 20.5 Å². The number of benzene rings is 1. The molecule has 142 valence electrons. The van der Waals surface area contributed by atoms with E-state index in [1.54, 1.807) is 17.2 Å². The second-order valence-electron chi connectivity index (χ2n) is 7.07. The van der Waals surface area contributed by atoms with E-state index in [0.29, 0.717) is 35.9 Å². The van der Waals surface area contributed by atoms with E-state index in [-0.39, 0.29) is 5.91 Å². The minimum atomic E-state index is 0.156. The zero-order valence-electron chi connectivity index (χ0n) is 15.5. The maximum atomic E-state index is 11.9. The van der Waals surface area contributed by atoms with Gasteiger partial charge in [0.05, 0.1) is 12.1 Å². The number of H-pyrrole nitrogens is 1. The lowest BCUT2D eigenvalue weighted by atomic mass is 10.0. The maximum Gasteiger partial charge on any atom is 0.269 e. The van der Waals surface area contributed by atoms with Crippen LogP contribution in [0.2, 0.25) is 0 Å². The molecule has 0 saturated carbocycles. The number of imidazole rings is 1. The van der Waals surface area contributed by atoms with Gasteiger partial charge in [0, 0.05) is 23.9 Å². The first-order chi connectivity index (χ1) is 14.1. The quantitative estimate of drug-likeness (QED) is 0.527. The number of nitrogens with zero attached hydrogens (tertiary/aromatic N) is 5. The Kier molecular flexibility index (Phi) is 3.88. The van der Waals surface area contributed by atoms with Gasteiger partial charge in [0.2, 0.25) is 5.91 Å². The van der Waals surface area contributed by atoms with Crippen LogP contribution in [-0.4, -0.2) is 37.3 Å². The van der Waals surface area contributed by atoms with Crippen LogP contribution in [0.1, 0.15) is 18.7 Å². The van der Waals surface area contributed by atoms with Crippen LogP contribution in [-0.2, 0) is 11.3 Å². The standard InChI is InChI=1S/C21H17N7O/c1-23-16-7-5-13(10-24-16)12-4-6-14-15(9-12)25-21(22)20-19(14)26-17(27-20)11-28-8-2-3-18(28)29/h4-7,9-10H,2-3,8,11H2,(H2,22,25)(H,26,27). The number of nitrogens with one attached hydrogen (secondary N) is 1. The molecule has 1 saturated heterocycles. The summed E-state index contributed by atoms with van der Waals surface area (Å²) in [7, 11) is 0. The van der Waals surface area contributed by atoms with Gasteiger partial charge in [-0.2, -0.15) is 0 Å². The van der Waals surface area contributed by atoms with E-state index in [4.69, 9.17) is 17.3 Å². The summed E-state index contributed by atoms with van der Waals surface area (Å²) in [6.45, 7) is 8.23. The number of anilines is 1. The fourth-order valence-corrected chi connectivity index (χ4v) is 3.74. The molecule has 0 spiro atoms. The third-order valence-corrected chi connectivity index (χ3v) is 5.21. The Labute approximate surface area is 166 Å². The lowest BCUT2D eigenvalue weighted by Crippen LogP contribution is -2.24. The van der Waals surface area contributed by atoms with Crippen molar-refractivity contribution in [2.45, 2.75) is 19.4 Å². The van der Waals surface area contributed by atoms with E-state index in [2.05, 4.69) is 19.8 Å². The minimum Gasteiger partial charge on any atom is -0.382 e. The summed E-state index contributed by atoms with van der Waals surface area (Å²) < 4.78 is 0. The Morgan fingerprint density at radius 2 is 2.07 bits per heavy atom. The number of hydrogen-bond donors (Lipinski definition) is 2. The van der Waals surface area contributed by atoms with E-state index < -0.39 is 0 Å². The average Bonchev–Trinajstić information content (AvgIpc) is 3.35. The van der Waals surface area contributed by atoms with Gasteiger partial charge in [-0.25, -0.2) is 9.97 Å². The molecule has 8 heteroatoms. The number of aromatic nitrogens is 4. The Bertz CT molecular complexity index is 1300. The highest BCUT2D eigenvalue weighted by Crippen LogP contribution is 2.30. The third kappa shape index (κ3) is 2.93. The number of likely N-dealkylation sites (tertiary alicyclic amines) is 1. The predicted octanol–water partition coefficient (Wildman–Crippen LogP) is 3.43. The molecule has 8 nitrogen and oxygen atoms in total. The van der Waals surface area contributed by atoms with Crippen LogP contribution in [0.4, 0.5) is 11.6 Å². The van der Waals surface area contributed by atoms with E-state index in [1.807, 2.05) is 24.3 Å². The molecule has 4 heterocycles. The van der Waals surface area contributed by atoms with Crippen molar-refractivity contribution in [3.05, 3.63) is 53.8 Å². The first-order valence-corrected chi connectivity index (χ1v) is 9.32. The van der Waals surface area contributed by atoms with Crippen LogP contribution in [0.3, 0.4) is 0 Å². The summed E-state index contributed by atoms with van der Waals surface area (Å²) in [5.74, 6) is 1.60. The molecule has 0 radical (unpaired) electrons. The first kappa shape index (κ1) is 17.1. The van der Waals surface area contributed by atoms with Gasteiger partial charge in [-0.1, -0.05) is 18.7 Å². The number of amides is 1. The Balaban J connectivity index is 1.57. The van der Waals surface area contributed by atoms with Crippen LogP contribution in [0, 0.1) is 6.57 Å². The summed E-state index contributed by atoms with van der Waals surface area (Å²) in [4.78, 5) is 33.6. The third-order valence-electron chi connectivity index (χ3n) is 5.21. The number of rotatable bonds is 3. The monoisotopic (exact) mass is 383 g/mol. The summed E-state index contributed by atoms with van der Waals surface area (Å²) in [5, 5.41) is 0.888. The molecule has 1 aromatic carbocycles. The SMILES string of the molecule is [C-]#[N+]c1ccc(-c2ccc3c(c2)nc(N)c2[nH]c(CN4CCCC4=O)nc23)cn1. The molecular weight excluding hydrogens is 366 g/mol. The zero-order chi connectivity index (χ0) is 20.0. The highest BCUT2D eigenvalue weighted by molar-refractivity contribution is 6.07. The zero-order valence-corrected chi connectivity index (χ0v) is 15.5. The molecule has 4 aromatic rings. The average molecular weight is 383 g/mol. The van der Waals surface area contributed by atoms with E-state index in [0.717, 1.165) is 40.5 Å². The molecule has 3 aromatic heterocycles. The van der Waals surface area contributed by atoms with E-state index >= 15 is 0 Å². The van der Waals surface area contributed by atoms with Gasteiger partial charge in [-0.15, -0.1) is 4.98 Å². The maximum absolute atomic E-state index is 11.9. The van der Waals surface area contributed by atoms with Crippen molar-refractivity contribution in [2.75, 3.05) is 12.3 Å². The fraction of sp³-hybridized carbons (Fsp3) is 0.190. The fourth-order valence-electron chi connectivity index (χ4n) is 3.74. The normalized spacial score (nSPS) is 14.0. The summed E-state index contributed by atoms with van der Waals surface area (Å²) >= 11 is 0.